The molecular formula is C17H20N2O4. The zero-order valence-corrected chi connectivity index (χ0v) is 12.8. The third kappa shape index (κ3) is 3.53. The van der Waals surface area contributed by atoms with Crippen molar-refractivity contribution in [1.82, 2.24) is 9.47 Å². The fourth-order valence-electron chi connectivity index (χ4n) is 3.09. The number of aliphatic hydroxyl groups is 1. The molecular weight excluding hydrogens is 296 g/mol. The summed E-state index contributed by atoms with van der Waals surface area (Å²) >= 11 is 0. The number of amides is 1. The fraction of sp³-hybridized carbons (Fsp3) is 0.412. The van der Waals surface area contributed by atoms with Gasteiger partial charge in [0.05, 0.1) is 6.26 Å². The van der Waals surface area contributed by atoms with Crippen molar-refractivity contribution in [2.24, 2.45) is 0 Å². The summed E-state index contributed by atoms with van der Waals surface area (Å²) in [5, 5.41) is 10.2. The molecule has 2 aromatic rings. The third-order valence-corrected chi connectivity index (χ3v) is 4.27. The molecule has 0 bridgehead atoms. The lowest BCUT2D eigenvalue weighted by Gasteiger charge is -2.26. The summed E-state index contributed by atoms with van der Waals surface area (Å²) in [6.45, 7) is 0.697. The molecule has 2 unspecified atom stereocenters. The minimum absolute atomic E-state index is 0.0259. The molecule has 1 amide bonds. The average molecular weight is 316 g/mol. The van der Waals surface area contributed by atoms with Gasteiger partial charge in [0.1, 0.15) is 18.4 Å². The molecule has 2 atom stereocenters. The van der Waals surface area contributed by atoms with Gasteiger partial charge in [0.25, 0.3) is 5.56 Å². The van der Waals surface area contributed by atoms with E-state index in [1.54, 1.807) is 35.4 Å². The quantitative estimate of drug-likeness (QED) is 0.908. The smallest absolute Gasteiger partial charge is 0.250 e. The average Bonchev–Trinajstić information content (AvgIpc) is 3.20. The highest BCUT2D eigenvalue weighted by Crippen LogP contribution is 2.27. The molecule has 3 rings (SSSR count). The number of nitrogens with zero attached hydrogens (tertiary/aromatic N) is 2. The van der Waals surface area contributed by atoms with Crippen LogP contribution in [-0.4, -0.2) is 33.1 Å². The van der Waals surface area contributed by atoms with E-state index in [1.807, 2.05) is 0 Å². The predicted octanol–water partition coefficient (Wildman–Crippen LogP) is 1.56. The summed E-state index contributed by atoms with van der Waals surface area (Å²) in [6.07, 6.45) is 4.63. The highest BCUT2D eigenvalue weighted by Gasteiger charge is 2.31. The maximum absolute atomic E-state index is 12.5. The van der Waals surface area contributed by atoms with Crippen molar-refractivity contribution in [2.75, 3.05) is 6.54 Å². The van der Waals surface area contributed by atoms with Crippen LogP contribution in [0.3, 0.4) is 0 Å². The second kappa shape index (κ2) is 6.83. The molecule has 122 valence electrons. The van der Waals surface area contributed by atoms with Gasteiger partial charge in [-0.2, -0.15) is 0 Å². The van der Waals surface area contributed by atoms with E-state index >= 15 is 0 Å². The Hall–Kier alpha value is -2.34. The van der Waals surface area contributed by atoms with Gasteiger partial charge in [-0.3, -0.25) is 9.59 Å². The number of hydrogen-bond donors (Lipinski definition) is 1. The first-order valence-electron chi connectivity index (χ1n) is 7.81. The van der Waals surface area contributed by atoms with Gasteiger partial charge in [0.2, 0.25) is 5.91 Å². The minimum Gasteiger partial charge on any atom is -0.467 e. The van der Waals surface area contributed by atoms with Crippen LogP contribution in [0, 0.1) is 0 Å². The van der Waals surface area contributed by atoms with E-state index in [0.29, 0.717) is 18.7 Å². The zero-order chi connectivity index (χ0) is 16.2. The molecule has 6 heteroatoms. The first-order chi connectivity index (χ1) is 11.1. The van der Waals surface area contributed by atoms with Gasteiger partial charge < -0.3 is 19.0 Å². The highest BCUT2D eigenvalue weighted by atomic mass is 16.4. The van der Waals surface area contributed by atoms with Crippen molar-refractivity contribution in [3.05, 3.63) is 58.9 Å². The van der Waals surface area contributed by atoms with E-state index in [1.165, 1.54) is 16.9 Å². The number of likely N-dealkylation sites (tertiary alicyclic amines) is 1. The fourth-order valence-corrected chi connectivity index (χ4v) is 3.09. The van der Waals surface area contributed by atoms with Gasteiger partial charge in [-0.05, 0) is 31.0 Å². The SMILES string of the molecule is O=C(Cn1ccccc1=O)N1CCCC1CC(O)c1ccco1. The lowest BCUT2D eigenvalue weighted by molar-refractivity contribution is -0.133. The van der Waals surface area contributed by atoms with Crippen LogP contribution < -0.4 is 5.56 Å². The van der Waals surface area contributed by atoms with Crippen molar-refractivity contribution >= 4 is 5.91 Å². The Balaban J connectivity index is 1.65. The van der Waals surface area contributed by atoms with Gasteiger partial charge in [-0.25, -0.2) is 0 Å². The number of aliphatic hydroxyl groups excluding tert-OH is 1. The minimum atomic E-state index is -0.720. The maximum Gasteiger partial charge on any atom is 0.250 e. The van der Waals surface area contributed by atoms with Crippen molar-refractivity contribution in [2.45, 2.75) is 38.0 Å². The van der Waals surface area contributed by atoms with E-state index in [0.717, 1.165) is 12.8 Å². The van der Waals surface area contributed by atoms with Crippen LogP contribution in [0.4, 0.5) is 0 Å². The Bertz CT molecular complexity index is 707. The van der Waals surface area contributed by atoms with Gasteiger partial charge in [-0.1, -0.05) is 6.07 Å². The molecule has 1 aliphatic heterocycles. The second-order valence-electron chi connectivity index (χ2n) is 5.82. The molecule has 6 nitrogen and oxygen atoms in total. The van der Waals surface area contributed by atoms with E-state index < -0.39 is 6.10 Å². The van der Waals surface area contributed by atoms with Crippen LogP contribution in [0.5, 0.6) is 0 Å². The Morgan fingerprint density at radius 3 is 2.96 bits per heavy atom. The number of carbonyl (C=O) groups is 1. The number of pyridine rings is 1. The van der Waals surface area contributed by atoms with Gasteiger partial charge in [-0.15, -0.1) is 0 Å². The maximum atomic E-state index is 12.5. The number of hydrogen-bond acceptors (Lipinski definition) is 4. The van der Waals surface area contributed by atoms with Crippen LogP contribution in [0.25, 0.3) is 0 Å². The van der Waals surface area contributed by atoms with E-state index in [9.17, 15) is 14.7 Å². The predicted molar refractivity (Wildman–Crippen MR) is 83.7 cm³/mol. The van der Waals surface area contributed by atoms with Crippen molar-refractivity contribution in [1.29, 1.82) is 0 Å². The van der Waals surface area contributed by atoms with Gasteiger partial charge >= 0.3 is 0 Å². The molecule has 1 saturated heterocycles. The summed E-state index contributed by atoms with van der Waals surface area (Å²) in [5.74, 6) is 0.427. The first kappa shape index (κ1) is 15.6. The third-order valence-electron chi connectivity index (χ3n) is 4.27. The summed E-state index contributed by atoms with van der Waals surface area (Å²) in [5.41, 5.74) is -0.188. The highest BCUT2D eigenvalue weighted by molar-refractivity contribution is 5.76. The molecule has 1 N–H and O–H groups in total. The number of carbonyl (C=O) groups excluding carboxylic acids is 1. The summed E-state index contributed by atoms with van der Waals surface area (Å²) < 4.78 is 6.62. The van der Waals surface area contributed by atoms with Crippen LogP contribution in [0.1, 0.15) is 31.1 Å². The van der Waals surface area contributed by atoms with E-state index in [2.05, 4.69) is 0 Å². The Morgan fingerprint density at radius 2 is 2.22 bits per heavy atom. The second-order valence-corrected chi connectivity index (χ2v) is 5.82. The summed E-state index contributed by atoms with van der Waals surface area (Å²) in [6, 6.07) is 8.27. The normalized spacial score (nSPS) is 19.0. The first-order valence-corrected chi connectivity index (χ1v) is 7.81. The molecule has 1 aliphatic rings. The Kier molecular flexibility index (Phi) is 4.62. The summed E-state index contributed by atoms with van der Waals surface area (Å²) in [7, 11) is 0. The summed E-state index contributed by atoms with van der Waals surface area (Å²) in [4.78, 5) is 26.0. The van der Waals surface area contributed by atoms with Crippen LogP contribution in [0.15, 0.2) is 52.0 Å². The molecule has 23 heavy (non-hydrogen) atoms. The lowest BCUT2D eigenvalue weighted by atomic mass is 10.1. The largest absolute Gasteiger partial charge is 0.467 e. The standard InChI is InChI=1S/C17H20N2O4/c20-14(15-6-4-10-23-15)11-13-5-3-9-19(13)17(22)12-18-8-2-1-7-16(18)21/h1-2,4,6-8,10,13-14,20H,3,5,9,11-12H2. The Morgan fingerprint density at radius 1 is 1.35 bits per heavy atom. The van der Waals surface area contributed by atoms with Gasteiger partial charge in [0.15, 0.2) is 0 Å². The molecule has 3 heterocycles. The molecule has 0 spiro atoms. The van der Waals surface area contributed by atoms with E-state index in [-0.39, 0.29) is 24.1 Å². The Labute approximate surface area is 134 Å². The van der Waals surface area contributed by atoms with Crippen LogP contribution in [-0.2, 0) is 11.3 Å². The monoisotopic (exact) mass is 316 g/mol. The molecule has 1 fully saturated rings. The van der Waals surface area contributed by atoms with E-state index in [4.69, 9.17) is 4.42 Å². The lowest BCUT2D eigenvalue weighted by Crippen LogP contribution is -2.40. The van der Waals surface area contributed by atoms with Crippen LogP contribution in [0.2, 0.25) is 0 Å². The van der Waals surface area contributed by atoms with Crippen molar-refractivity contribution in [3.8, 4) is 0 Å². The number of rotatable bonds is 5. The van der Waals surface area contributed by atoms with Crippen LogP contribution >= 0.6 is 0 Å². The molecule has 0 aromatic carbocycles. The molecule has 0 radical (unpaired) electrons. The molecule has 0 saturated carbocycles. The zero-order valence-electron chi connectivity index (χ0n) is 12.8. The number of aromatic nitrogens is 1. The molecule has 0 aliphatic carbocycles. The van der Waals surface area contributed by atoms with Gasteiger partial charge in [0, 0.05) is 31.3 Å². The van der Waals surface area contributed by atoms with Crippen molar-refractivity contribution < 1.29 is 14.3 Å². The molecule has 2 aromatic heterocycles. The number of furan rings is 1. The van der Waals surface area contributed by atoms with Crippen molar-refractivity contribution in [3.63, 3.8) is 0 Å². The topological polar surface area (TPSA) is 75.7 Å².